The summed E-state index contributed by atoms with van der Waals surface area (Å²) in [6.07, 6.45) is 5.79. The van der Waals surface area contributed by atoms with Crippen molar-refractivity contribution in [3.63, 3.8) is 0 Å². The summed E-state index contributed by atoms with van der Waals surface area (Å²) in [5.74, 6) is 0.174. The number of hydrogen-bond acceptors (Lipinski definition) is 6. The molecule has 1 saturated carbocycles. The van der Waals surface area contributed by atoms with E-state index in [9.17, 15) is 14.9 Å². The smallest absolute Gasteiger partial charge is 0.411 e. The number of rotatable bonds is 6. The molecule has 1 aliphatic carbocycles. The fraction of sp³-hybridized carbons (Fsp3) is 0.593. The zero-order chi connectivity index (χ0) is 26.0. The van der Waals surface area contributed by atoms with E-state index in [-0.39, 0.29) is 17.9 Å². The summed E-state index contributed by atoms with van der Waals surface area (Å²) in [5, 5.41) is 21.1. The number of piperidine rings is 1. The number of nitriles is 1. The van der Waals surface area contributed by atoms with Crippen LogP contribution in [-0.2, 0) is 16.0 Å². The van der Waals surface area contributed by atoms with Crippen molar-refractivity contribution < 1.29 is 14.3 Å². The molecule has 36 heavy (non-hydrogen) atoms. The summed E-state index contributed by atoms with van der Waals surface area (Å²) in [6, 6.07) is 8.41. The first kappa shape index (κ1) is 25.7. The number of hydrogen-bond donors (Lipinski definition) is 1. The Morgan fingerprint density at radius 2 is 1.86 bits per heavy atom. The second kappa shape index (κ2) is 10.3. The molecule has 4 rings (SSSR count). The predicted octanol–water partition coefficient (Wildman–Crippen LogP) is 4.12. The molecule has 2 aromatic rings. The summed E-state index contributed by atoms with van der Waals surface area (Å²) >= 11 is 0. The minimum Gasteiger partial charge on any atom is -0.444 e. The summed E-state index contributed by atoms with van der Waals surface area (Å²) in [5.41, 5.74) is 2.18. The molecule has 0 radical (unpaired) electrons. The van der Waals surface area contributed by atoms with Crippen LogP contribution in [0, 0.1) is 17.2 Å². The molecule has 1 aromatic heterocycles. The fourth-order valence-corrected chi connectivity index (χ4v) is 4.72. The van der Waals surface area contributed by atoms with Crippen LogP contribution in [-0.4, -0.2) is 55.6 Å². The molecule has 1 aliphatic heterocycles. The van der Waals surface area contributed by atoms with Crippen molar-refractivity contribution in [1.82, 2.24) is 25.2 Å². The highest BCUT2D eigenvalue weighted by atomic mass is 16.6. The summed E-state index contributed by atoms with van der Waals surface area (Å²) in [6.45, 7) is 9.33. The maximum absolute atomic E-state index is 13.4. The first-order valence-electron chi connectivity index (χ1n) is 12.8. The Kier molecular flexibility index (Phi) is 7.34. The highest BCUT2D eigenvalue weighted by molar-refractivity contribution is 5.87. The maximum Gasteiger partial charge on any atom is 0.411 e. The Balaban J connectivity index is 1.42. The van der Waals surface area contributed by atoms with Crippen LogP contribution in [0.25, 0.3) is 5.69 Å². The van der Waals surface area contributed by atoms with Crippen LogP contribution >= 0.6 is 0 Å². The third-order valence-corrected chi connectivity index (χ3v) is 6.85. The van der Waals surface area contributed by atoms with Gasteiger partial charge in [-0.15, -0.1) is 5.10 Å². The van der Waals surface area contributed by atoms with Crippen molar-refractivity contribution in [2.24, 2.45) is 5.92 Å². The molecule has 2 aliphatic rings. The topological polar surface area (TPSA) is 113 Å². The van der Waals surface area contributed by atoms with Gasteiger partial charge in [-0.25, -0.2) is 9.48 Å². The summed E-state index contributed by atoms with van der Waals surface area (Å²) < 4.78 is 7.36. The lowest BCUT2D eigenvalue weighted by atomic mass is 9.86. The molecule has 1 aromatic carbocycles. The number of carbonyl (C=O) groups excluding carboxylic acids is 2. The van der Waals surface area contributed by atoms with Crippen LogP contribution in [0.2, 0.25) is 0 Å². The minimum atomic E-state index is -0.721. The van der Waals surface area contributed by atoms with Gasteiger partial charge in [0.15, 0.2) is 0 Å². The van der Waals surface area contributed by atoms with Crippen molar-refractivity contribution in [2.75, 3.05) is 0 Å². The van der Waals surface area contributed by atoms with Gasteiger partial charge < -0.3 is 10.1 Å². The lowest BCUT2D eigenvalue weighted by Gasteiger charge is -2.43. The van der Waals surface area contributed by atoms with Crippen molar-refractivity contribution >= 4 is 12.0 Å². The van der Waals surface area contributed by atoms with E-state index in [2.05, 4.69) is 21.7 Å². The van der Waals surface area contributed by atoms with Crippen LogP contribution in [0.4, 0.5) is 4.79 Å². The Morgan fingerprint density at radius 3 is 2.47 bits per heavy atom. The van der Waals surface area contributed by atoms with E-state index >= 15 is 0 Å². The van der Waals surface area contributed by atoms with Gasteiger partial charge in [0, 0.05) is 18.4 Å². The first-order chi connectivity index (χ1) is 17.1. The molecule has 2 amide bonds. The normalized spacial score (nSPS) is 23.0. The van der Waals surface area contributed by atoms with Gasteiger partial charge in [-0.2, -0.15) is 5.26 Å². The maximum atomic E-state index is 13.4. The molecule has 192 valence electrons. The fourth-order valence-electron chi connectivity index (χ4n) is 4.72. The monoisotopic (exact) mass is 492 g/mol. The van der Waals surface area contributed by atoms with Crippen molar-refractivity contribution in [1.29, 1.82) is 5.26 Å². The Hall–Kier alpha value is -3.41. The minimum absolute atomic E-state index is 0.0458. The lowest BCUT2D eigenvalue weighted by Crippen LogP contribution is -2.60. The molecular weight excluding hydrogens is 456 g/mol. The highest BCUT2D eigenvalue weighted by Gasteiger charge is 2.43. The van der Waals surface area contributed by atoms with E-state index in [1.165, 1.54) is 12.8 Å². The molecule has 2 heterocycles. The quantitative estimate of drug-likeness (QED) is 0.649. The zero-order valence-electron chi connectivity index (χ0n) is 21.8. The Morgan fingerprint density at radius 1 is 1.17 bits per heavy atom. The van der Waals surface area contributed by atoms with Crippen LogP contribution in [0.1, 0.15) is 77.5 Å². The zero-order valence-corrected chi connectivity index (χ0v) is 21.8. The van der Waals surface area contributed by atoms with Crippen LogP contribution in [0.5, 0.6) is 0 Å². The van der Waals surface area contributed by atoms with Crippen molar-refractivity contribution in [3.05, 3.63) is 41.7 Å². The highest BCUT2D eigenvalue weighted by Crippen LogP contribution is 2.38. The van der Waals surface area contributed by atoms with Gasteiger partial charge in [0.1, 0.15) is 17.7 Å². The molecule has 4 atom stereocenters. The first-order valence-corrected chi connectivity index (χ1v) is 12.8. The SMILES string of the molecule is C[C@@H]1CC[C@H](C)N(C(=O)OC(C)(C)C)[C@@H]1C(=O)N[C@H](C#N)Cc1ccc(-n2cc(C3CC3)nn2)cc1. The molecule has 0 spiro atoms. The van der Waals surface area contributed by atoms with Gasteiger partial charge in [0.05, 0.1) is 23.6 Å². The number of nitrogens with one attached hydrogen (secondary N) is 1. The molecule has 1 N–H and O–H groups in total. The second-order valence-corrected chi connectivity index (χ2v) is 11.2. The number of ether oxygens (including phenoxy) is 1. The average Bonchev–Trinajstić information content (AvgIpc) is 3.55. The van der Waals surface area contributed by atoms with E-state index in [1.807, 2.05) is 65.1 Å². The number of benzene rings is 1. The third kappa shape index (κ3) is 6.04. The van der Waals surface area contributed by atoms with Crippen LogP contribution in [0.15, 0.2) is 30.5 Å². The molecule has 9 nitrogen and oxygen atoms in total. The van der Waals surface area contributed by atoms with Crippen LogP contribution in [0.3, 0.4) is 0 Å². The average molecular weight is 493 g/mol. The standard InChI is InChI=1S/C27H36N6O3/c1-17-6-7-18(2)33(26(35)36-27(3,4)5)24(17)25(34)29-21(15-28)14-19-8-12-22(13-9-19)32-16-23(30-31-32)20-10-11-20/h8-9,12-13,16-18,20-21,24H,6-7,10-11,14H2,1-5H3,(H,29,34)/t17-,18+,21+,24+/m1/s1. The number of carbonyl (C=O) groups is 2. The van der Waals surface area contributed by atoms with Gasteiger partial charge in [-0.1, -0.05) is 24.3 Å². The predicted molar refractivity (Wildman–Crippen MR) is 134 cm³/mol. The third-order valence-electron chi connectivity index (χ3n) is 6.85. The number of aromatic nitrogens is 3. The van der Waals surface area contributed by atoms with E-state index < -0.39 is 23.8 Å². The van der Waals surface area contributed by atoms with Gasteiger partial charge in [-0.3, -0.25) is 9.69 Å². The van der Waals surface area contributed by atoms with Gasteiger partial charge in [0.25, 0.3) is 0 Å². The number of likely N-dealkylation sites (tertiary alicyclic amines) is 1. The Labute approximate surface area is 212 Å². The molecule has 2 fully saturated rings. The van der Waals surface area contributed by atoms with Crippen molar-refractivity contribution in [3.8, 4) is 11.8 Å². The van der Waals surface area contributed by atoms with Crippen molar-refractivity contribution in [2.45, 2.75) is 96.4 Å². The van der Waals surface area contributed by atoms with Gasteiger partial charge >= 0.3 is 6.09 Å². The van der Waals surface area contributed by atoms with E-state index in [4.69, 9.17) is 4.74 Å². The van der Waals surface area contributed by atoms with Crippen LogP contribution < -0.4 is 5.32 Å². The van der Waals surface area contributed by atoms with Gasteiger partial charge in [-0.05, 0) is 77.0 Å². The molecular formula is C27H36N6O3. The van der Waals surface area contributed by atoms with E-state index in [0.717, 1.165) is 29.8 Å². The van der Waals surface area contributed by atoms with Gasteiger partial charge in [0.2, 0.25) is 5.91 Å². The Bertz CT molecular complexity index is 1130. The largest absolute Gasteiger partial charge is 0.444 e. The van der Waals surface area contributed by atoms with E-state index in [0.29, 0.717) is 12.3 Å². The van der Waals surface area contributed by atoms with E-state index in [1.54, 1.807) is 9.58 Å². The number of nitrogens with zero attached hydrogens (tertiary/aromatic N) is 5. The summed E-state index contributed by atoms with van der Waals surface area (Å²) in [4.78, 5) is 27.9. The molecule has 0 bridgehead atoms. The lowest BCUT2D eigenvalue weighted by molar-refractivity contribution is -0.131. The summed E-state index contributed by atoms with van der Waals surface area (Å²) in [7, 11) is 0. The molecule has 9 heteroatoms. The molecule has 0 unspecified atom stereocenters. The number of amides is 2. The second-order valence-electron chi connectivity index (χ2n) is 11.2. The molecule has 1 saturated heterocycles.